The third-order valence-corrected chi connectivity index (χ3v) is 2.76. The first kappa shape index (κ1) is 13.0. The molecule has 3 nitrogen and oxygen atoms in total. The zero-order valence-corrected chi connectivity index (χ0v) is 10.3. The molecule has 0 radical (unpaired) electrons. The van der Waals surface area contributed by atoms with Crippen molar-refractivity contribution in [2.45, 2.75) is 25.7 Å². The topological polar surface area (TPSA) is 27.6 Å². The summed E-state index contributed by atoms with van der Waals surface area (Å²) in [6, 6.07) is 6.66. The molecule has 1 aliphatic heterocycles. The summed E-state index contributed by atoms with van der Waals surface area (Å²) < 4.78 is 36.6. The van der Waals surface area contributed by atoms with Crippen LogP contribution in [0.1, 0.15) is 13.3 Å². The van der Waals surface area contributed by atoms with Gasteiger partial charge < -0.3 is 0 Å². The van der Waals surface area contributed by atoms with Gasteiger partial charge in [-0.15, -0.1) is 0 Å². The Kier molecular flexibility index (Phi) is 3.38. The van der Waals surface area contributed by atoms with Crippen molar-refractivity contribution in [2.24, 2.45) is 5.10 Å². The van der Waals surface area contributed by atoms with E-state index >= 15 is 0 Å². The molecule has 0 aromatic heterocycles. The van der Waals surface area contributed by atoms with Crippen molar-refractivity contribution in [1.82, 2.24) is 5.32 Å². The Balaban J connectivity index is 2.16. The monoisotopic (exact) mass is 277 g/mol. The minimum Gasteiger partial charge on any atom is -0.284 e. The summed E-state index contributed by atoms with van der Waals surface area (Å²) in [5.41, 5.74) is 0.714. The number of nitrogens with one attached hydrogen (secondary N) is 1. The molecule has 2 rings (SSSR count). The van der Waals surface area contributed by atoms with E-state index in [1.54, 1.807) is 29.3 Å². The summed E-state index contributed by atoms with van der Waals surface area (Å²) in [7, 11) is 0. The van der Waals surface area contributed by atoms with Crippen molar-refractivity contribution in [3.8, 4) is 0 Å². The van der Waals surface area contributed by atoms with E-state index in [2.05, 4.69) is 5.10 Å². The van der Waals surface area contributed by atoms with Crippen molar-refractivity contribution in [3.63, 3.8) is 0 Å². The van der Waals surface area contributed by atoms with Gasteiger partial charge in [-0.2, -0.15) is 18.3 Å². The van der Waals surface area contributed by atoms with Gasteiger partial charge in [-0.1, -0.05) is 11.6 Å². The van der Waals surface area contributed by atoms with Gasteiger partial charge in [-0.25, -0.2) is 0 Å². The standard InChI is InChI=1S/C11H11ClF3N3/c1-7-6-10(16-11(13,14)15)17-18(7)9-4-2-8(12)3-5-9/h2-5,7H,6H2,1H3,(H,16,17). The molecule has 0 saturated heterocycles. The average molecular weight is 278 g/mol. The Morgan fingerprint density at radius 2 is 1.94 bits per heavy atom. The zero-order valence-electron chi connectivity index (χ0n) is 9.50. The number of hydrogen-bond acceptors (Lipinski definition) is 3. The van der Waals surface area contributed by atoms with Crippen molar-refractivity contribution < 1.29 is 13.2 Å². The lowest BCUT2D eigenvalue weighted by Gasteiger charge is -2.19. The van der Waals surface area contributed by atoms with Crippen LogP contribution >= 0.6 is 11.6 Å². The first-order chi connectivity index (χ1) is 8.35. The molecule has 0 spiro atoms. The molecule has 0 aliphatic carbocycles. The van der Waals surface area contributed by atoms with E-state index in [4.69, 9.17) is 11.6 Å². The lowest BCUT2D eigenvalue weighted by atomic mass is 10.2. The molecule has 18 heavy (non-hydrogen) atoms. The van der Waals surface area contributed by atoms with Gasteiger partial charge in [-0.05, 0) is 31.2 Å². The number of hydrogen-bond donors (Lipinski definition) is 1. The first-order valence-electron chi connectivity index (χ1n) is 5.32. The summed E-state index contributed by atoms with van der Waals surface area (Å²) in [5, 5.41) is 7.49. The van der Waals surface area contributed by atoms with Gasteiger partial charge in [0.2, 0.25) is 0 Å². The minimum absolute atomic E-state index is 0.0787. The van der Waals surface area contributed by atoms with E-state index in [-0.39, 0.29) is 18.3 Å². The van der Waals surface area contributed by atoms with E-state index < -0.39 is 6.30 Å². The van der Waals surface area contributed by atoms with E-state index in [0.717, 1.165) is 0 Å². The Morgan fingerprint density at radius 3 is 2.50 bits per heavy atom. The van der Waals surface area contributed by atoms with Crippen molar-refractivity contribution in [3.05, 3.63) is 29.3 Å². The van der Waals surface area contributed by atoms with Gasteiger partial charge >= 0.3 is 6.30 Å². The molecule has 0 bridgehead atoms. The smallest absolute Gasteiger partial charge is 0.284 e. The summed E-state index contributed by atoms with van der Waals surface area (Å²) in [6.45, 7) is 1.81. The predicted molar refractivity (Wildman–Crippen MR) is 64.6 cm³/mol. The Bertz CT molecular complexity index is 456. The van der Waals surface area contributed by atoms with E-state index in [0.29, 0.717) is 10.7 Å². The van der Waals surface area contributed by atoms with Crippen LogP contribution in [-0.2, 0) is 0 Å². The molecule has 1 unspecified atom stereocenters. The molecule has 0 fully saturated rings. The lowest BCUT2D eigenvalue weighted by molar-refractivity contribution is -0.142. The SMILES string of the molecule is CC1CC(NC(F)(F)F)=NN1c1ccc(Cl)cc1. The Morgan fingerprint density at radius 1 is 1.33 bits per heavy atom. The summed E-state index contributed by atoms with van der Waals surface area (Å²) in [4.78, 5) is 0. The fourth-order valence-corrected chi connectivity index (χ4v) is 1.91. The second-order valence-corrected chi connectivity index (χ2v) is 4.48. The van der Waals surface area contributed by atoms with Crippen LogP contribution in [0, 0.1) is 0 Å². The van der Waals surface area contributed by atoms with Gasteiger partial charge in [-0.3, -0.25) is 10.3 Å². The molecule has 1 aromatic rings. The van der Waals surface area contributed by atoms with Crippen LogP contribution in [0.25, 0.3) is 0 Å². The number of hydrazone groups is 1. The zero-order chi connectivity index (χ0) is 13.3. The molecule has 0 amide bonds. The molecule has 1 aliphatic rings. The number of amidine groups is 1. The molecular weight excluding hydrogens is 267 g/mol. The maximum Gasteiger partial charge on any atom is 0.483 e. The largest absolute Gasteiger partial charge is 0.483 e. The third kappa shape index (κ3) is 3.07. The number of halogens is 4. The fourth-order valence-electron chi connectivity index (χ4n) is 1.78. The molecule has 98 valence electrons. The molecule has 1 aromatic carbocycles. The molecule has 1 atom stereocenters. The highest BCUT2D eigenvalue weighted by atomic mass is 35.5. The van der Waals surface area contributed by atoms with Gasteiger partial charge in [0.25, 0.3) is 0 Å². The average Bonchev–Trinajstić information content (AvgIpc) is 2.58. The van der Waals surface area contributed by atoms with Crippen LogP contribution in [0.2, 0.25) is 5.02 Å². The highest BCUT2D eigenvalue weighted by molar-refractivity contribution is 6.30. The van der Waals surface area contributed by atoms with Crippen LogP contribution in [0.15, 0.2) is 29.4 Å². The quantitative estimate of drug-likeness (QED) is 0.797. The summed E-state index contributed by atoms with van der Waals surface area (Å²) >= 11 is 5.76. The van der Waals surface area contributed by atoms with Gasteiger partial charge in [0.15, 0.2) is 0 Å². The van der Waals surface area contributed by atoms with Crippen LogP contribution in [0.4, 0.5) is 18.9 Å². The predicted octanol–water partition coefficient (Wildman–Crippen LogP) is 3.36. The number of nitrogens with zero attached hydrogens (tertiary/aromatic N) is 2. The molecule has 0 saturated carbocycles. The van der Waals surface area contributed by atoms with Gasteiger partial charge in [0, 0.05) is 11.4 Å². The maximum absolute atomic E-state index is 12.2. The van der Waals surface area contributed by atoms with Crippen molar-refractivity contribution in [2.75, 3.05) is 5.01 Å². The lowest BCUT2D eigenvalue weighted by Crippen LogP contribution is -2.36. The summed E-state index contributed by atoms with van der Waals surface area (Å²) in [6.07, 6.45) is -4.23. The minimum atomic E-state index is -4.45. The first-order valence-corrected chi connectivity index (χ1v) is 5.70. The second-order valence-electron chi connectivity index (χ2n) is 4.04. The van der Waals surface area contributed by atoms with Crippen molar-refractivity contribution >= 4 is 23.1 Å². The van der Waals surface area contributed by atoms with Gasteiger partial charge in [0.1, 0.15) is 5.84 Å². The molecule has 7 heteroatoms. The van der Waals surface area contributed by atoms with Crippen LogP contribution in [-0.4, -0.2) is 18.2 Å². The number of rotatable bonds is 1. The van der Waals surface area contributed by atoms with Crippen molar-refractivity contribution in [1.29, 1.82) is 0 Å². The van der Waals surface area contributed by atoms with Gasteiger partial charge in [0.05, 0.1) is 11.7 Å². The highest BCUT2D eigenvalue weighted by Gasteiger charge is 2.33. The summed E-state index contributed by atoms with van der Waals surface area (Å²) in [5.74, 6) is -0.0787. The maximum atomic E-state index is 12.2. The Hall–Kier alpha value is -1.43. The number of alkyl halides is 3. The third-order valence-electron chi connectivity index (χ3n) is 2.51. The highest BCUT2D eigenvalue weighted by Crippen LogP contribution is 2.26. The van der Waals surface area contributed by atoms with E-state index in [1.807, 2.05) is 6.92 Å². The van der Waals surface area contributed by atoms with Crippen LogP contribution < -0.4 is 10.3 Å². The molecular formula is C11H11ClF3N3. The number of benzene rings is 1. The second kappa shape index (κ2) is 4.68. The van der Waals surface area contributed by atoms with Crippen LogP contribution in [0.3, 0.4) is 0 Å². The fraction of sp³-hybridized carbons (Fsp3) is 0.364. The molecule has 1 heterocycles. The molecule has 1 N–H and O–H groups in total. The van der Waals surface area contributed by atoms with E-state index in [1.165, 1.54) is 5.32 Å². The number of anilines is 1. The normalized spacial score (nSPS) is 19.9. The Labute approximate surface area is 107 Å². The van der Waals surface area contributed by atoms with E-state index in [9.17, 15) is 13.2 Å². The van der Waals surface area contributed by atoms with Crippen LogP contribution in [0.5, 0.6) is 0 Å².